The second-order valence-electron chi connectivity index (χ2n) is 5.30. The van der Waals surface area contributed by atoms with Gasteiger partial charge in [0.15, 0.2) is 5.11 Å². The molecule has 0 atom stereocenters. The molecule has 25 heavy (non-hydrogen) atoms. The van der Waals surface area contributed by atoms with Gasteiger partial charge in [-0.2, -0.15) is 0 Å². The Balaban J connectivity index is 2.17. The second-order valence-corrected chi connectivity index (χ2v) is 8.56. The molecule has 1 amide bonds. The summed E-state index contributed by atoms with van der Waals surface area (Å²) in [6.45, 7) is 4.07. The fourth-order valence-electron chi connectivity index (χ4n) is 2.29. The van der Waals surface area contributed by atoms with E-state index in [2.05, 4.69) is 65.1 Å². The van der Waals surface area contributed by atoms with Crippen LogP contribution in [0.5, 0.6) is 5.75 Å². The third-order valence-electron chi connectivity index (χ3n) is 3.38. The Kier molecular flexibility index (Phi) is 7.24. The molecule has 0 aromatic heterocycles. The number of ether oxygens (including phenoxy) is 1. The van der Waals surface area contributed by atoms with Gasteiger partial charge in [-0.05, 0) is 100.0 Å². The molecule has 0 aliphatic rings. The molecule has 2 N–H and O–H groups in total. The molecular formula is C17H15Br2IN2O2S. The summed E-state index contributed by atoms with van der Waals surface area (Å²) < 4.78 is 7.95. The minimum Gasteiger partial charge on any atom is -0.495 e. The monoisotopic (exact) mass is 596 g/mol. The Hall–Kier alpha value is -0.710. The summed E-state index contributed by atoms with van der Waals surface area (Å²) in [4.78, 5) is 12.6. The zero-order valence-corrected chi connectivity index (χ0v) is 19.8. The number of rotatable bonds is 3. The third kappa shape index (κ3) is 5.15. The molecule has 0 saturated carbocycles. The second kappa shape index (κ2) is 8.79. The number of benzene rings is 2. The summed E-state index contributed by atoms with van der Waals surface area (Å²) in [6.07, 6.45) is 0. The van der Waals surface area contributed by atoms with E-state index in [0.29, 0.717) is 15.8 Å². The van der Waals surface area contributed by atoms with Crippen LogP contribution in [0.2, 0.25) is 0 Å². The minimum absolute atomic E-state index is 0.225. The highest BCUT2D eigenvalue weighted by Gasteiger charge is 2.17. The van der Waals surface area contributed by atoms with Crippen molar-refractivity contribution in [3.8, 4) is 5.75 Å². The van der Waals surface area contributed by atoms with Gasteiger partial charge in [0.25, 0.3) is 5.91 Å². The fourth-order valence-corrected chi connectivity index (χ4v) is 4.20. The lowest BCUT2D eigenvalue weighted by atomic mass is 10.1. The summed E-state index contributed by atoms with van der Waals surface area (Å²) in [5.41, 5.74) is 3.51. The molecule has 132 valence electrons. The van der Waals surface area contributed by atoms with Crippen molar-refractivity contribution in [1.82, 2.24) is 5.32 Å². The number of anilines is 1. The number of methoxy groups -OCH3 is 1. The maximum Gasteiger partial charge on any atom is 0.261 e. The number of aryl methyl sites for hydroxylation is 2. The molecule has 0 unspecified atom stereocenters. The van der Waals surface area contributed by atoms with E-state index in [0.717, 1.165) is 21.3 Å². The molecule has 0 bridgehead atoms. The van der Waals surface area contributed by atoms with Crippen LogP contribution in [0, 0.1) is 17.4 Å². The average molecular weight is 598 g/mol. The van der Waals surface area contributed by atoms with Gasteiger partial charge in [-0.25, -0.2) is 0 Å². The van der Waals surface area contributed by atoms with Gasteiger partial charge < -0.3 is 10.1 Å². The van der Waals surface area contributed by atoms with Gasteiger partial charge >= 0.3 is 0 Å². The van der Waals surface area contributed by atoms with Gasteiger partial charge in [-0.3, -0.25) is 10.1 Å². The SMILES string of the molecule is COc1c(Br)cc(Br)cc1C(=O)NC(=S)Nc1cc(C)c(I)c(C)c1. The van der Waals surface area contributed by atoms with E-state index in [1.807, 2.05) is 32.0 Å². The van der Waals surface area contributed by atoms with Crippen LogP contribution >= 0.6 is 66.7 Å². The lowest BCUT2D eigenvalue weighted by molar-refractivity contribution is 0.0974. The molecule has 0 heterocycles. The van der Waals surface area contributed by atoms with Gasteiger partial charge in [-0.1, -0.05) is 15.9 Å². The molecule has 0 fully saturated rings. The Bertz CT molecular complexity index is 836. The van der Waals surface area contributed by atoms with Gasteiger partial charge in [-0.15, -0.1) is 0 Å². The van der Waals surface area contributed by atoms with E-state index in [4.69, 9.17) is 17.0 Å². The van der Waals surface area contributed by atoms with Crippen molar-refractivity contribution in [3.05, 3.63) is 53.5 Å². The Morgan fingerprint density at radius 1 is 1.16 bits per heavy atom. The first kappa shape index (κ1) is 20.6. The molecule has 0 aliphatic carbocycles. The quantitative estimate of drug-likeness (QED) is 0.359. The van der Waals surface area contributed by atoms with Crippen molar-refractivity contribution in [2.45, 2.75) is 13.8 Å². The van der Waals surface area contributed by atoms with Crippen LogP contribution < -0.4 is 15.4 Å². The van der Waals surface area contributed by atoms with Crippen molar-refractivity contribution in [1.29, 1.82) is 0 Å². The predicted molar refractivity (Wildman–Crippen MR) is 121 cm³/mol. The van der Waals surface area contributed by atoms with E-state index < -0.39 is 0 Å². The molecule has 2 rings (SSSR count). The maximum atomic E-state index is 12.6. The summed E-state index contributed by atoms with van der Waals surface area (Å²) in [5.74, 6) is 0.0970. The Morgan fingerprint density at radius 2 is 1.76 bits per heavy atom. The lowest BCUT2D eigenvalue weighted by Gasteiger charge is -2.14. The third-order valence-corrected chi connectivity index (χ3v) is 6.33. The summed E-state index contributed by atoms with van der Waals surface area (Å²) in [6, 6.07) is 7.47. The van der Waals surface area contributed by atoms with E-state index in [1.165, 1.54) is 10.7 Å². The van der Waals surface area contributed by atoms with Crippen LogP contribution in [0.15, 0.2) is 33.2 Å². The van der Waals surface area contributed by atoms with Gasteiger partial charge in [0, 0.05) is 13.7 Å². The molecule has 0 saturated heterocycles. The van der Waals surface area contributed by atoms with Crippen molar-refractivity contribution in [2.75, 3.05) is 12.4 Å². The normalized spacial score (nSPS) is 10.3. The molecule has 0 spiro atoms. The van der Waals surface area contributed by atoms with Crippen LogP contribution in [0.25, 0.3) is 0 Å². The summed E-state index contributed by atoms with van der Waals surface area (Å²) in [5, 5.41) is 5.96. The predicted octanol–water partition coefficient (Wildman–Crippen LogP) is 5.57. The average Bonchev–Trinajstić information content (AvgIpc) is 2.51. The lowest BCUT2D eigenvalue weighted by Crippen LogP contribution is -2.34. The Morgan fingerprint density at radius 3 is 2.32 bits per heavy atom. The van der Waals surface area contributed by atoms with Crippen LogP contribution in [0.4, 0.5) is 5.69 Å². The highest BCUT2D eigenvalue weighted by Crippen LogP contribution is 2.32. The van der Waals surface area contributed by atoms with Crippen LogP contribution in [-0.4, -0.2) is 18.1 Å². The van der Waals surface area contributed by atoms with Crippen molar-refractivity contribution in [2.24, 2.45) is 0 Å². The number of hydrogen-bond acceptors (Lipinski definition) is 3. The minimum atomic E-state index is -0.352. The number of carbonyl (C=O) groups is 1. The first-order valence-electron chi connectivity index (χ1n) is 7.15. The highest BCUT2D eigenvalue weighted by molar-refractivity contribution is 14.1. The topological polar surface area (TPSA) is 50.4 Å². The van der Waals surface area contributed by atoms with E-state index in [9.17, 15) is 4.79 Å². The van der Waals surface area contributed by atoms with E-state index >= 15 is 0 Å². The van der Waals surface area contributed by atoms with Crippen molar-refractivity contribution < 1.29 is 9.53 Å². The Labute approximate surface area is 182 Å². The molecule has 0 radical (unpaired) electrons. The highest BCUT2D eigenvalue weighted by atomic mass is 127. The molecule has 2 aromatic carbocycles. The number of thiocarbonyl (C=S) groups is 1. The first-order valence-corrected chi connectivity index (χ1v) is 10.2. The fraction of sp³-hybridized carbons (Fsp3) is 0.176. The first-order chi connectivity index (χ1) is 11.7. The zero-order valence-electron chi connectivity index (χ0n) is 13.7. The molecule has 2 aromatic rings. The zero-order chi connectivity index (χ0) is 18.7. The van der Waals surface area contributed by atoms with Gasteiger partial charge in [0.05, 0.1) is 17.1 Å². The molecule has 0 aliphatic heterocycles. The van der Waals surface area contributed by atoms with Crippen LogP contribution in [0.3, 0.4) is 0 Å². The van der Waals surface area contributed by atoms with Crippen molar-refractivity contribution in [3.63, 3.8) is 0 Å². The number of hydrogen-bond donors (Lipinski definition) is 2. The number of amides is 1. The molecule has 4 nitrogen and oxygen atoms in total. The molecule has 8 heteroatoms. The van der Waals surface area contributed by atoms with Crippen molar-refractivity contribution >= 4 is 83.4 Å². The summed E-state index contributed by atoms with van der Waals surface area (Å²) in [7, 11) is 1.51. The van der Waals surface area contributed by atoms with Crippen LogP contribution in [-0.2, 0) is 0 Å². The number of halogens is 3. The number of nitrogens with one attached hydrogen (secondary N) is 2. The number of carbonyl (C=O) groups excluding carboxylic acids is 1. The standard InChI is InChI=1S/C17H15Br2IN2O2S/c1-8-4-11(5-9(2)14(8)20)21-17(25)22-16(23)12-6-10(18)7-13(19)15(12)24-3/h4-7H,1-3H3,(H2,21,22,23,25). The van der Waals surface area contributed by atoms with Crippen LogP contribution in [0.1, 0.15) is 21.5 Å². The van der Waals surface area contributed by atoms with Gasteiger partial charge in [0.1, 0.15) is 5.75 Å². The summed E-state index contributed by atoms with van der Waals surface area (Å²) >= 11 is 14.3. The maximum absolute atomic E-state index is 12.6. The van der Waals surface area contributed by atoms with E-state index in [1.54, 1.807) is 6.07 Å². The largest absolute Gasteiger partial charge is 0.495 e. The molecular weight excluding hydrogens is 583 g/mol. The van der Waals surface area contributed by atoms with Gasteiger partial charge in [0.2, 0.25) is 0 Å². The smallest absolute Gasteiger partial charge is 0.261 e. The van der Waals surface area contributed by atoms with E-state index in [-0.39, 0.29) is 11.0 Å².